The number of rotatable bonds is 2. The molecule has 4 heteroatoms. The molecule has 0 saturated carbocycles. The number of aromatic amines is 1. The Morgan fingerprint density at radius 2 is 2.27 bits per heavy atom. The van der Waals surface area contributed by atoms with Crippen molar-refractivity contribution in [3.63, 3.8) is 0 Å². The summed E-state index contributed by atoms with van der Waals surface area (Å²) in [6, 6.07) is 4.67. The molecule has 0 amide bonds. The van der Waals surface area contributed by atoms with Crippen LogP contribution in [0.15, 0.2) is 30.5 Å². The SMILES string of the molecule is O=C(O)/C=C/c1c[nH]c2cccc(F)c12. The number of aliphatic carboxylic acids is 1. The van der Waals surface area contributed by atoms with E-state index in [2.05, 4.69) is 4.98 Å². The fourth-order valence-corrected chi connectivity index (χ4v) is 1.46. The minimum Gasteiger partial charge on any atom is -0.478 e. The molecule has 0 spiro atoms. The number of carbonyl (C=O) groups is 1. The first-order valence-corrected chi connectivity index (χ1v) is 4.35. The van der Waals surface area contributed by atoms with Crippen LogP contribution in [0.2, 0.25) is 0 Å². The highest BCUT2D eigenvalue weighted by Gasteiger charge is 2.05. The van der Waals surface area contributed by atoms with Crippen LogP contribution in [0.4, 0.5) is 4.39 Å². The molecule has 2 rings (SSSR count). The summed E-state index contributed by atoms with van der Waals surface area (Å²) in [7, 11) is 0. The van der Waals surface area contributed by atoms with Crippen LogP contribution in [-0.4, -0.2) is 16.1 Å². The van der Waals surface area contributed by atoms with Crippen LogP contribution in [0.5, 0.6) is 0 Å². The summed E-state index contributed by atoms with van der Waals surface area (Å²) in [5, 5.41) is 8.87. The van der Waals surface area contributed by atoms with Gasteiger partial charge in [-0.1, -0.05) is 6.07 Å². The molecule has 2 N–H and O–H groups in total. The molecule has 1 heterocycles. The quantitative estimate of drug-likeness (QED) is 0.739. The smallest absolute Gasteiger partial charge is 0.328 e. The van der Waals surface area contributed by atoms with Gasteiger partial charge in [0.1, 0.15) is 5.82 Å². The highest BCUT2D eigenvalue weighted by molar-refractivity contribution is 5.93. The Balaban J connectivity index is 2.57. The zero-order chi connectivity index (χ0) is 10.8. The molecule has 2 aromatic rings. The second-order valence-corrected chi connectivity index (χ2v) is 3.08. The number of carboxylic acids is 1. The maximum atomic E-state index is 13.4. The van der Waals surface area contributed by atoms with E-state index < -0.39 is 5.97 Å². The van der Waals surface area contributed by atoms with Crippen molar-refractivity contribution >= 4 is 22.9 Å². The van der Waals surface area contributed by atoms with Gasteiger partial charge in [-0.25, -0.2) is 9.18 Å². The number of hydrogen-bond donors (Lipinski definition) is 2. The number of halogens is 1. The molecule has 0 aliphatic carbocycles. The van der Waals surface area contributed by atoms with Gasteiger partial charge in [-0.05, 0) is 18.2 Å². The second-order valence-electron chi connectivity index (χ2n) is 3.08. The van der Waals surface area contributed by atoms with Crippen LogP contribution in [-0.2, 0) is 4.79 Å². The van der Waals surface area contributed by atoms with Crippen LogP contribution in [0.1, 0.15) is 5.56 Å². The van der Waals surface area contributed by atoms with Crippen LogP contribution >= 0.6 is 0 Å². The van der Waals surface area contributed by atoms with Gasteiger partial charge in [-0.2, -0.15) is 0 Å². The van der Waals surface area contributed by atoms with Crippen molar-refractivity contribution in [2.45, 2.75) is 0 Å². The monoisotopic (exact) mass is 205 g/mol. The Hall–Kier alpha value is -2.10. The van der Waals surface area contributed by atoms with E-state index in [0.29, 0.717) is 16.5 Å². The van der Waals surface area contributed by atoms with Gasteiger partial charge in [0.15, 0.2) is 0 Å². The molecule has 0 unspecified atom stereocenters. The van der Waals surface area contributed by atoms with Gasteiger partial charge in [0, 0.05) is 28.7 Å². The number of nitrogens with one attached hydrogen (secondary N) is 1. The first kappa shape index (κ1) is 9.45. The molecule has 1 aromatic heterocycles. The van der Waals surface area contributed by atoms with Gasteiger partial charge in [-0.3, -0.25) is 0 Å². The molecule has 0 saturated heterocycles. The summed E-state index contributed by atoms with van der Waals surface area (Å²) in [5.74, 6) is -1.42. The molecule has 0 aliphatic heterocycles. The summed E-state index contributed by atoms with van der Waals surface area (Å²) in [6.07, 6.45) is 3.92. The molecule has 0 fully saturated rings. The summed E-state index contributed by atoms with van der Waals surface area (Å²) in [5.41, 5.74) is 1.19. The average molecular weight is 205 g/mol. The fourth-order valence-electron chi connectivity index (χ4n) is 1.46. The summed E-state index contributed by atoms with van der Waals surface area (Å²) < 4.78 is 13.4. The maximum Gasteiger partial charge on any atom is 0.328 e. The summed E-state index contributed by atoms with van der Waals surface area (Å²) >= 11 is 0. The molecular formula is C11H8FNO2. The minimum absolute atomic E-state index is 0.362. The summed E-state index contributed by atoms with van der Waals surface area (Å²) in [4.78, 5) is 13.2. The molecule has 76 valence electrons. The Labute approximate surface area is 84.8 Å². The average Bonchev–Trinajstić information content (AvgIpc) is 2.59. The molecule has 1 aromatic carbocycles. The Morgan fingerprint density at radius 1 is 1.47 bits per heavy atom. The number of fused-ring (bicyclic) bond motifs is 1. The highest BCUT2D eigenvalue weighted by Crippen LogP contribution is 2.22. The molecule has 15 heavy (non-hydrogen) atoms. The van der Waals surface area contributed by atoms with E-state index in [-0.39, 0.29) is 5.82 Å². The largest absolute Gasteiger partial charge is 0.478 e. The number of carboxylic acid groups (broad SMARTS) is 1. The van der Waals surface area contributed by atoms with Crippen molar-refractivity contribution in [1.29, 1.82) is 0 Å². The second kappa shape index (κ2) is 3.57. The number of benzene rings is 1. The lowest BCUT2D eigenvalue weighted by atomic mass is 10.1. The lowest BCUT2D eigenvalue weighted by Gasteiger charge is -1.93. The van der Waals surface area contributed by atoms with Gasteiger partial charge in [0.2, 0.25) is 0 Å². The van der Waals surface area contributed by atoms with Crippen molar-refractivity contribution in [1.82, 2.24) is 4.98 Å². The Morgan fingerprint density at radius 3 is 3.00 bits per heavy atom. The van der Waals surface area contributed by atoms with E-state index in [1.54, 1.807) is 18.3 Å². The Kier molecular flexibility index (Phi) is 2.25. The Bertz CT molecular complexity index is 543. The van der Waals surface area contributed by atoms with E-state index >= 15 is 0 Å². The van der Waals surface area contributed by atoms with E-state index in [1.807, 2.05) is 0 Å². The topological polar surface area (TPSA) is 53.1 Å². The zero-order valence-electron chi connectivity index (χ0n) is 7.70. The number of hydrogen-bond acceptors (Lipinski definition) is 1. The molecule has 0 atom stereocenters. The van der Waals surface area contributed by atoms with Crippen molar-refractivity contribution < 1.29 is 14.3 Å². The van der Waals surface area contributed by atoms with Gasteiger partial charge in [0.25, 0.3) is 0 Å². The molecule has 3 nitrogen and oxygen atoms in total. The van der Waals surface area contributed by atoms with Crippen molar-refractivity contribution in [2.24, 2.45) is 0 Å². The van der Waals surface area contributed by atoms with Gasteiger partial charge >= 0.3 is 5.97 Å². The predicted molar refractivity (Wildman–Crippen MR) is 54.9 cm³/mol. The standard InChI is InChI=1S/C11H8FNO2/c12-8-2-1-3-9-11(8)7(6-13-9)4-5-10(14)15/h1-6,13H,(H,14,15)/b5-4+. The minimum atomic E-state index is -1.05. The zero-order valence-corrected chi connectivity index (χ0v) is 7.70. The van der Waals surface area contributed by atoms with Crippen molar-refractivity contribution in [3.8, 4) is 0 Å². The third-order valence-electron chi connectivity index (χ3n) is 2.09. The van der Waals surface area contributed by atoms with Gasteiger partial charge in [-0.15, -0.1) is 0 Å². The number of aromatic nitrogens is 1. The predicted octanol–water partition coefficient (Wildman–Crippen LogP) is 2.40. The lowest BCUT2D eigenvalue weighted by Crippen LogP contribution is -1.85. The third kappa shape index (κ3) is 1.74. The lowest BCUT2D eigenvalue weighted by molar-refractivity contribution is -0.131. The van der Waals surface area contributed by atoms with E-state index in [1.165, 1.54) is 12.1 Å². The van der Waals surface area contributed by atoms with Gasteiger partial charge in [0.05, 0.1) is 0 Å². The number of H-pyrrole nitrogens is 1. The molecule has 0 radical (unpaired) electrons. The normalized spacial score (nSPS) is 11.3. The highest BCUT2D eigenvalue weighted by atomic mass is 19.1. The van der Waals surface area contributed by atoms with Crippen LogP contribution in [0.3, 0.4) is 0 Å². The first-order valence-electron chi connectivity index (χ1n) is 4.35. The van der Waals surface area contributed by atoms with E-state index in [9.17, 15) is 9.18 Å². The van der Waals surface area contributed by atoms with Crippen molar-refractivity contribution in [2.75, 3.05) is 0 Å². The van der Waals surface area contributed by atoms with E-state index in [4.69, 9.17) is 5.11 Å². The van der Waals surface area contributed by atoms with Crippen LogP contribution in [0, 0.1) is 5.82 Å². The van der Waals surface area contributed by atoms with Crippen molar-refractivity contribution in [3.05, 3.63) is 41.9 Å². The summed E-state index contributed by atoms with van der Waals surface area (Å²) in [6.45, 7) is 0. The molecule has 0 aliphatic rings. The van der Waals surface area contributed by atoms with E-state index in [0.717, 1.165) is 6.08 Å². The molecular weight excluding hydrogens is 197 g/mol. The maximum absolute atomic E-state index is 13.4. The van der Waals surface area contributed by atoms with Crippen LogP contribution < -0.4 is 0 Å². The fraction of sp³-hybridized carbons (Fsp3) is 0. The van der Waals surface area contributed by atoms with Crippen LogP contribution in [0.25, 0.3) is 17.0 Å². The van der Waals surface area contributed by atoms with Gasteiger partial charge < -0.3 is 10.1 Å². The first-order chi connectivity index (χ1) is 7.18. The molecule has 0 bridgehead atoms. The third-order valence-corrected chi connectivity index (χ3v) is 2.09.